The van der Waals surface area contributed by atoms with Crippen LogP contribution in [0.3, 0.4) is 0 Å². The molecule has 14 heavy (non-hydrogen) atoms. The summed E-state index contributed by atoms with van der Waals surface area (Å²) in [5.74, 6) is 0. The highest BCUT2D eigenvalue weighted by Gasteiger charge is 2.06. The summed E-state index contributed by atoms with van der Waals surface area (Å²) >= 11 is 3.33. The molecule has 0 bridgehead atoms. The Morgan fingerprint density at radius 3 is 2.71 bits per heavy atom. The van der Waals surface area contributed by atoms with Crippen molar-refractivity contribution >= 4 is 26.2 Å². The molecule has 0 aliphatic heterocycles. The zero-order valence-electron chi connectivity index (χ0n) is 7.53. The van der Waals surface area contributed by atoms with E-state index in [9.17, 15) is 8.42 Å². The maximum atomic E-state index is 10.5. The maximum Gasteiger partial charge on any atom is 0.333 e. The summed E-state index contributed by atoms with van der Waals surface area (Å²) in [5, 5.41) is 4.71. The van der Waals surface area contributed by atoms with E-state index < -0.39 is 10.3 Å². The number of halogens is 1. The molecule has 1 aromatic rings. The fraction of sp³-hybridized carbons (Fsp3) is 0.250. The number of benzene rings is 1. The van der Waals surface area contributed by atoms with Crippen molar-refractivity contribution in [1.29, 1.82) is 0 Å². The van der Waals surface area contributed by atoms with Gasteiger partial charge in [0.2, 0.25) is 0 Å². The van der Waals surface area contributed by atoms with Gasteiger partial charge in [-0.2, -0.15) is 8.42 Å². The van der Waals surface area contributed by atoms with Gasteiger partial charge in [0, 0.05) is 4.47 Å². The molecule has 0 aliphatic rings. The molecule has 78 valence electrons. The molecule has 0 atom stereocenters. The molecule has 1 rings (SSSR count). The van der Waals surface area contributed by atoms with E-state index in [1.54, 1.807) is 12.1 Å². The van der Waals surface area contributed by atoms with Gasteiger partial charge in [0.15, 0.2) is 0 Å². The van der Waals surface area contributed by atoms with Crippen LogP contribution in [0.4, 0.5) is 0 Å². The molecular formula is C8H10BrNO3S. The van der Waals surface area contributed by atoms with Crippen LogP contribution in [0.15, 0.2) is 22.7 Å². The van der Waals surface area contributed by atoms with Crippen LogP contribution in [0.25, 0.3) is 0 Å². The van der Waals surface area contributed by atoms with Gasteiger partial charge in [-0.25, -0.2) is 5.14 Å². The Morgan fingerprint density at radius 1 is 1.50 bits per heavy atom. The van der Waals surface area contributed by atoms with Crippen LogP contribution < -0.4 is 5.14 Å². The first-order chi connectivity index (χ1) is 6.40. The lowest BCUT2D eigenvalue weighted by atomic mass is 10.1. The van der Waals surface area contributed by atoms with Crippen molar-refractivity contribution in [2.45, 2.75) is 13.5 Å². The number of hydrogen-bond donors (Lipinski definition) is 1. The van der Waals surface area contributed by atoms with E-state index >= 15 is 0 Å². The molecule has 6 heteroatoms. The van der Waals surface area contributed by atoms with Crippen LogP contribution in [0.2, 0.25) is 0 Å². The SMILES string of the molecule is Cc1c(Br)cccc1COS(N)(=O)=O. The molecule has 0 aliphatic carbocycles. The molecule has 0 saturated heterocycles. The van der Waals surface area contributed by atoms with Gasteiger partial charge in [-0.05, 0) is 24.1 Å². The Labute approximate surface area is 91.5 Å². The first-order valence-electron chi connectivity index (χ1n) is 3.81. The smallest absolute Gasteiger partial charge is 0.253 e. The van der Waals surface area contributed by atoms with Gasteiger partial charge in [-0.3, -0.25) is 4.18 Å². The van der Waals surface area contributed by atoms with Crippen molar-refractivity contribution in [3.63, 3.8) is 0 Å². The minimum Gasteiger partial charge on any atom is -0.253 e. The Bertz CT molecular complexity index is 430. The van der Waals surface area contributed by atoms with Gasteiger partial charge in [0.05, 0.1) is 6.61 Å². The largest absolute Gasteiger partial charge is 0.333 e. The summed E-state index contributed by atoms with van der Waals surface area (Å²) in [7, 11) is -3.87. The minimum absolute atomic E-state index is 0.0376. The van der Waals surface area contributed by atoms with Crippen molar-refractivity contribution < 1.29 is 12.6 Å². The van der Waals surface area contributed by atoms with Crippen LogP contribution in [0.1, 0.15) is 11.1 Å². The molecular weight excluding hydrogens is 270 g/mol. The lowest BCUT2D eigenvalue weighted by Gasteiger charge is -2.06. The van der Waals surface area contributed by atoms with E-state index in [2.05, 4.69) is 20.1 Å². The molecule has 0 unspecified atom stereocenters. The third-order valence-electron chi connectivity index (χ3n) is 1.76. The van der Waals surface area contributed by atoms with Crippen LogP contribution in [0.5, 0.6) is 0 Å². The van der Waals surface area contributed by atoms with Gasteiger partial charge in [-0.15, -0.1) is 0 Å². The third kappa shape index (κ3) is 3.38. The van der Waals surface area contributed by atoms with E-state index in [1.165, 1.54) is 0 Å². The number of rotatable bonds is 3. The highest BCUT2D eigenvalue weighted by atomic mass is 79.9. The highest BCUT2D eigenvalue weighted by Crippen LogP contribution is 2.20. The summed E-state index contributed by atoms with van der Waals surface area (Å²) in [6, 6.07) is 5.46. The number of nitrogens with two attached hydrogens (primary N) is 1. The molecule has 0 amide bonds. The van der Waals surface area contributed by atoms with Gasteiger partial charge < -0.3 is 0 Å². The van der Waals surface area contributed by atoms with Crippen LogP contribution in [0, 0.1) is 6.92 Å². The quantitative estimate of drug-likeness (QED) is 0.911. The second-order valence-electron chi connectivity index (χ2n) is 2.78. The van der Waals surface area contributed by atoms with Crippen LogP contribution in [-0.4, -0.2) is 8.42 Å². The zero-order valence-corrected chi connectivity index (χ0v) is 9.93. The second-order valence-corrected chi connectivity index (χ2v) is 4.85. The Hall–Kier alpha value is -0.430. The summed E-state index contributed by atoms with van der Waals surface area (Å²) in [5.41, 5.74) is 1.73. The van der Waals surface area contributed by atoms with Crippen molar-refractivity contribution in [3.05, 3.63) is 33.8 Å². The molecule has 0 fully saturated rings. The average Bonchev–Trinajstić information content (AvgIpc) is 2.06. The first kappa shape index (κ1) is 11.6. The third-order valence-corrected chi connectivity index (χ3v) is 3.06. The van der Waals surface area contributed by atoms with Crippen molar-refractivity contribution in [2.75, 3.05) is 0 Å². The van der Waals surface area contributed by atoms with Crippen LogP contribution in [-0.2, 0) is 21.1 Å². The summed E-state index contributed by atoms with van der Waals surface area (Å²) in [6.07, 6.45) is 0. The first-order valence-corrected chi connectivity index (χ1v) is 6.08. The van der Waals surface area contributed by atoms with Gasteiger partial charge in [0.25, 0.3) is 0 Å². The monoisotopic (exact) mass is 279 g/mol. The van der Waals surface area contributed by atoms with Gasteiger partial charge in [0.1, 0.15) is 0 Å². The van der Waals surface area contributed by atoms with E-state index in [0.29, 0.717) is 0 Å². The summed E-state index contributed by atoms with van der Waals surface area (Å²) in [4.78, 5) is 0. The molecule has 2 N–H and O–H groups in total. The summed E-state index contributed by atoms with van der Waals surface area (Å²) < 4.78 is 26.5. The van der Waals surface area contributed by atoms with Crippen molar-refractivity contribution in [3.8, 4) is 0 Å². The van der Waals surface area contributed by atoms with Gasteiger partial charge >= 0.3 is 10.3 Å². The minimum atomic E-state index is -3.87. The summed E-state index contributed by atoms with van der Waals surface area (Å²) in [6.45, 7) is 1.83. The van der Waals surface area contributed by atoms with Crippen molar-refractivity contribution in [1.82, 2.24) is 0 Å². The van der Waals surface area contributed by atoms with E-state index in [1.807, 2.05) is 13.0 Å². The average molecular weight is 280 g/mol. The zero-order chi connectivity index (χ0) is 10.8. The normalized spacial score (nSPS) is 11.6. The molecule has 0 spiro atoms. The topological polar surface area (TPSA) is 69.4 Å². The van der Waals surface area contributed by atoms with Crippen LogP contribution >= 0.6 is 15.9 Å². The molecule has 0 aromatic heterocycles. The highest BCUT2D eigenvalue weighted by molar-refractivity contribution is 9.10. The second kappa shape index (κ2) is 4.39. The molecule has 0 saturated carbocycles. The van der Waals surface area contributed by atoms with E-state index in [4.69, 9.17) is 5.14 Å². The predicted octanol–water partition coefficient (Wildman–Crippen LogP) is 1.48. The predicted molar refractivity (Wildman–Crippen MR) is 56.8 cm³/mol. The standard InChI is InChI=1S/C8H10BrNO3S/c1-6-7(3-2-4-8(6)9)5-13-14(10,11)12/h2-4H,5H2,1H3,(H2,10,11,12). The van der Waals surface area contributed by atoms with Gasteiger partial charge in [-0.1, -0.05) is 28.1 Å². The van der Waals surface area contributed by atoms with E-state index in [-0.39, 0.29) is 6.61 Å². The Balaban J connectivity index is 2.83. The van der Waals surface area contributed by atoms with Crippen molar-refractivity contribution in [2.24, 2.45) is 5.14 Å². The molecule has 0 heterocycles. The lowest BCUT2D eigenvalue weighted by molar-refractivity contribution is 0.308. The Morgan fingerprint density at radius 2 is 2.14 bits per heavy atom. The number of hydrogen-bond acceptors (Lipinski definition) is 3. The van der Waals surface area contributed by atoms with E-state index in [0.717, 1.165) is 15.6 Å². The molecule has 4 nitrogen and oxygen atoms in total. The Kier molecular flexibility index (Phi) is 3.65. The fourth-order valence-electron chi connectivity index (χ4n) is 0.954. The maximum absolute atomic E-state index is 10.5. The molecule has 0 radical (unpaired) electrons. The molecule has 1 aromatic carbocycles. The lowest BCUT2D eigenvalue weighted by Crippen LogP contribution is -2.15. The fourth-order valence-corrected chi connectivity index (χ4v) is 1.65.